The molecule has 41 heavy (non-hydrogen) atoms. The number of fused-ring (bicyclic) bond motifs is 3. The summed E-state index contributed by atoms with van der Waals surface area (Å²) in [6.45, 7) is 0.463. The molecule has 4 atom stereocenters. The second-order valence-corrected chi connectivity index (χ2v) is 11.4. The standard InChI is InChI=1S/C32H28N4O4S/c1-40-30(39)32(16-21-8-4-2-5-9-21)27-26(28(37)35(29(27)38)19-23-10-6-3-7-11-23)25-18-34-31(36(25)32)41-20-24-14-12-22(17-33)13-15-24/h2-15,25-27H,16,18-20H2,1H3/t25-,26+,27-,32-/m1/s1. The first-order valence-corrected chi connectivity index (χ1v) is 14.4. The Bertz CT molecular complexity index is 1550. The first-order chi connectivity index (χ1) is 20.0. The number of imide groups is 1. The molecule has 0 radical (unpaired) electrons. The summed E-state index contributed by atoms with van der Waals surface area (Å²) in [5, 5.41) is 9.74. The lowest BCUT2D eigenvalue weighted by Crippen LogP contribution is -2.61. The van der Waals surface area contributed by atoms with Gasteiger partial charge in [-0.3, -0.25) is 19.5 Å². The number of aliphatic imine (C=N–C) groups is 1. The molecule has 3 aromatic rings. The molecule has 9 heteroatoms. The van der Waals surface area contributed by atoms with Gasteiger partial charge in [-0.1, -0.05) is 84.6 Å². The van der Waals surface area contributed by atoms with Crippen LogP contribution in [0, 0.1) is 23.2 Å². The van der Waals surface area contributed by atoms with Crippen molar-refractivity contribution in [2.24, 2.45) is 16.8 Å². The van der Waals surface area contributed by atoms with E-state index < -0.39 is 29.4 Å². The summed E-state index contributed by atoms with van der Waals surface area (Å²) in [5.41, 5.74) is 1.85. The van der Waals surface area contributed by atoms with Gasteiger partial charge in [0.1, 0.15) is 0 Å². The molecule has 0 spiro atoms. The number of esters is 1. The van der Waals surface area contributed by atoms with Crippen LogP contribution in [0.3, 0.4) is 0 Å². The minimum atomic E-state index is -1.43. The Labute approximate surface area is 242 Å². The van der Waals surface area contributed by atoms with Crippen molar-refractivity contribution in [3.8, 4) is 6.07 Å². The van der Waals surface area contributed by atoms with E-state index >= 15 is 0 Å². The van der Waals surface area contributed by atoms with Crippen molar-refractivity contribution >= 4 is 34.7 Å². The van der Waals surface area contributed by atoms with E-state index in [1.165, 1.54) is 23.8 Å². The first-order valence-electron chi connectivity index (χ1n) is 13.4. The molecule has 0 bridgehead atoms. The topological polar surface area (TPSA) is 103 Å². The van der Waals surface area contributed by atoms with Crippen LogP contribution in [0.1, 0.15) is 22.3 Å². The summed E-state index contributed by atoms with van der Waals surface area (Å²) in [6.07, 6.45) is 0.201. The van der Waals surface area contributed by atoms with E-state index in [1.807, 2.05) is 77.7 Å². The van der Waals surface area contributed by atoms with E-state index in [1.54, 1.807) is 12.1 Å². The molecule has 3 heterocycles. The highest BCUT2D eigenvalue weighted by atomic mass is 32.2. The summed E-state index contributed by atoms with van der Waals surface area (Å²) in [6, 6.07) is 27.9. The number of thioether (sulfide) groups is 1. The maximum atomic E-state index is 14.2. The Kier molecular flexibility index (Phi) is 7.10. The van der Waals surface area contributed by atoms with Crippen LogP contribution < -0.4 is 0 Å². The molecule has 0 aliphatic carbocycles. The summed E-state index contributed by atoms with van der Waals surface area (Å²) in [5.74, 6) is -2.24. The lowest BCUT2D eigenvalue weighted by atomic mass is 9.76. The molecule has 3 aromatic carbocycles. The van der Waals surface area contributed by atoms with Crippen LogP contribution in [0.15, 0.2) is 89.9 Å². The number of carbonyl (C=O) groups excluding carboxylic acids is 3. The minimum Gasteiger partial charge on any atom is -0.467 e. The zero-order chi connectivity index (χ0) is 28.6. The number of carbonyl (C=O) groups is 3. The monoisotopic (exact) mass is 564 g/mol. The molecule has 0 N–H and O–H groups in total. The summed E-state index contributed by atoms with van der Waals surface area (Å²) in [7, 11) is 1.33. The van der Waals surface area contributed by atoms with Gasteiger partial charge in [0.25, 0.3) is 0 Å². The molecule has 206 valence electrons. The van der Waals surface area contributed by atoms with E-state index in [4.69, 9.17) is 15.0 Å². The second kappa shape index (κ2) is 10.9. The molecular weight excluding hydrogens is 536 g/mol. The van der Waals surface area contributed by atoms with Crippen molar-refractivity contribution in [1.29, 1.82) is 5.26 Å². The Morgan fingerprint density at radius 3 is 2.27 bits per heavy atom. The van der Waals surface area contributed by atoms with Crippen LogP contribution in [-0.4, -0.2) is 58.0 Å². The number of hydrogen-bond acceptors (Lipinski definition) is 8. The number of ether oxygens (including phenoxy) is 1. The van der Waals surface area contributed by atoms with Gasteiger partial charge in [-0.15, -0.1) is 0 Å². The van der Waals surface area contributed by atoms with Crippen molar-refractivity contribution in [2.75, 3.05) is 13.7 Å². The van der Waals surface area contributed by atoms with Crippen molar-refractivity contribution in [3.05, 3.63) is 107 Å². The summed E-state index contributed by atoms with van der Waals surface area (Å²) in [4.78, 5) is 50.2. The Morgan fingerprint density at radius 1 is 0.976 bits per heavy atom. The van der Waals surface area contributed by atoms with Crippen LogP contribution in [0.25, 0.3) is 0 Å². The Balaban J connectivity index is 1.39. The molecule has 0 aromatic heterocycles. The smallest absolute Gasteiger partial charge is 0.333 e. The predicted octanol–water partition coefficient (Wildman–Crippen LogP) is 3.80. The molecule has 2 amide bonds. The fourth-order valence-corrected chi connectivity index (χ4v) is 7.53. The average molecular weight is 565 g/mol. The van der Waals surface area contributed by atoms with Gasteiger partial charge >= 0.3 is 5.97 Å². The van der Waals surface area contributed by atoms with Crippen LogP contribution in [0.4, 0.5) is 0 Å². The fourth-order valence-electron chi connectivity index (χ4n) is 6.44. The van der Waals surface area contributed by atoms with Crippen LogP contribution in [-0.2, 0) is 37.8 Å². The Hall–Kier alpha value is -4.42. The number of likely N-dealkylation sites (tertiary alicyclic amines) is 1. The number of benzene rings is 3. The third-order valence-corrected chi connectivity index (χ3v) is 9.30. The van der Waals surface area contributed by atoms with Crippen molar-refractivity contribution in [2.45, 2.75) is 30.3 Å². The predicted molar refractivity (Wildman–Crippen MR) is 154 cm³/mol. The molecule has 2 saturated heterocycles. The molecule has 2 fully saturated rings. The minimum absolute atomic E-state index is 0.155. The highest BCUT2D eigenvalue weighted by Gasteiger charge is 2.73. The molecule has 8 nitrogen and oxygen atoms in total. The fraction of sp³-hybridized carbons (Fsp3) is 0.281. The normalized spacial score (nSPS) is 24.6. The third kappa shape index (κ3) is 4.49. The van der Waals surface area contributed by atoms with Gasteiger partial charge in [-0.25, -0.2) is 4.79 Å². The van der Waals surface area contributed by atoms with E-state index in [0.717, 1.165) is 16.7 Å². The zero-order valence-corrected chi connectivity index (χ0v) is 23.3. The number of amidine groups is 1. The summed E-state index contributed by atoms with van der Waals surface area (Å²) < 4.78 is 5.44. The van der Waals surface area contributed by atoms with Crippen LogP contribution >= 0.6 is 11.8 Å². The average Bonchev–Trinajstić information content (AvgIpc) is 3.63. The largest absolute Gasteiger partial charge is 0.467 e. The van der Waals surface area contributed by atoms with Gasteiger partial charge in [0, 0.05) is 12.2 Å². The van der Waals surface area contributed by atoms with E-state index in [0.29, 0.717) is 23.0 Å². The molecule has 6 rings (SSSR count). The van der Waals surface area contributed by atoms with Gasteiger partial charge < -0.3 is 9.64 Å². The molecule has 0 saturated carbocycles. The molecule has 3 aliphatic rings. The van der Waals surface area contributed by atoms with E-state index in [9.17, 15) is 14.4 Å². The first kappa shape index (κ1) is 26.8. The highest BCUT2D eigenvalue weighted by molar-refractivity contribution is 8.13. The van der Waals surface area contributed by atoms with Crippen molar-refractivity contribution in [3.63, 3.8) is 0 Å². The highest BCUT2D eigenvalue weighted by Crippen LogP contribution is 2.54. The third-order valence-electron chi connectivity index (χ3n) is 8.24. The van der Waals surface area contributed by atoms with Crippen molar-refractivity contribution < 1.29 is 19.1 Å². The van der Waals surface area contributed by atoms with Gasteiger partial charge in [0.15, 0.2) is 10.7 Å². The number of amides is 2. The van der Waals surface area contributed by atoms with E-state index in [2.05, 4.69) is 6.07 Å². The van der Waals surface area contributed by atoms with E-state index in [-0.39, 0.29) is 24.8 Å². The van der Waals surface area contributed by atoms with Gasteiger partial charge in [-0.2, -0.15) is 5.26 Å². The SMILES string of the molecule is COC(=O)[C@@]1(Cc2ccccc2)[C@H]2C(=O)N(Cc3ccccc3)C(=O)[C@H]2[C@H]2CN=C(SCc3ccc(C#N)cc3)N21. The van der Waals surface area contributed by atoms with Crippen LogP contribution in [0.2, 0.25) is 0 Å². The summed E-state index contributed by atoms with van der Waals surface area (Å²) >= 11 is 1.46. The molecular formula is C32H28N4O4S. The zero-order valence-electron chi connectivity index (χ0n) is 22.5. The van der Waals surface area contributed by atoms with Gasteiger partial charge in [0.2, 0.25) is 11.8 Å². The number of methoxy groups -OCH3 is 1. The quantitative estimate of drug-likeness (QED) is 0.318. The van der Waals surface area contributed by atoms with Gasteiger partial charge in [-0.05, 0) is 28.8 Å². The number of nitrogens with zero attached hydrogens (tertiary/aromatic N) is 4. The lowest BCUT2D eigenvalue weighted by molar-refractivity contribution is -0.158. The molecule has 0 unspecified atom stereocenters. The maximum Gasteiger partial charge on any atom is 0.333 e. The number of hydrogen-bond donors (Lipinski definition) is 0. The molecule has 3 aliphatic heterocycles. The Morgan fingerprint density at radius 2 is 1.63 bits per heavy atom. The number of nitriles is 1. The van der Waals surface area contributed by atoms with Crippen LogP contribution in [0.5, 0.6) is 0 Å². The second-order valence-electron chi connectivity index (χ2n) is 10.5. The lowest BCUT2D eigenvalue weighted by Gasteiger charge is -2.40. The number of rotatable bonds is 7. The van der Waals surface area contributed by atoms with Crippen molar-refractivity contribution in [1.82, 2.24) is 9.80 Å². The van der Waals surface area contributed by atoms with Gasteiger partial charge in [0.05, 0.1) is 49.7 Å². The maximum absolute atomic E-state index is 14.2.